The minimum absolute atomic E-state index is 0.0575. The SMILES string of the molecule is COc1ccc([C@H](NC(=O)[C@@H](CC(=O)C(F)(F)c2ccccc2Cl)Cc2cccc(OCC(=O)O)c2)C(=O)C[C@H](C(=O)C(F)(F)F)C(C)C)cc1. The highest BCUT2D eigenvalue weighted by molar-refractivity contribution is 6.31. The Hall–Kier alpha value is -4.85. The number of methoxy groups -OCH3 is 1. The molecule has 0 fully saturated rings. The molecule has 3 aromatic rings. The average molecular weight is 740 g/mol. The third kappa shape index (κ3) is 11.1. The molecule has 0 saturated heterocycles. The van der Waals surface area contributed by atoms with Gasteiger partial charge in [0, 0.05) is 30.2 Å². The molecule has 15 heteroatoms. The largest absolute Gasteiger partial charge is 0.497 e. The van der Waals surface area contributed by atoms with Crippen molar-refractivity contribution in [3.63, 3.8) is 0 Å². The Morgan fingerprint density at radius 3 is 2.08 bits per heavy atom. The van der Waals surface area contributed by atoms with E-state index < -0.39 is 102 Å². The lowest BCUT2D eigenvalue weighted by atomic mass is 9.83. The lowest BCUT2D eigenvalue weighted by Gasteiger charge is -2.26. The Morgan fingerprint density at radius 1 is 0.863 bits per heavy atom. The van der Waals surface area contributed by atoms with E-state index in [0.717, 1.165) is 12.1 Å². The lowest BCUT2D eigenvalue weighted by Crippen LogP contribution is -2.42. The molecule has 0 aliphatic carbocycles. The van der Waals surface area contributed by atoms with Gasteiger partial charge in [0.15, 0.2) is 12.4 Å². The van der Waals surface area contributed by atoms with Crippen molar-refractivity contribution in [2.24, 2.45) is 17.8 Å². The molecule has 0 aliphatic heterocycles. The molecule has 0 saturated carbocycles. The summed E-state index contributed by atoms with van der Waals surface area (Å²) < 4.78 is 81.6. The Balaban J connectivity index is 2.04. The van der Waals surface area contributed by atoms with E-state index in [-0.39, 0.29) is 16.9 Å². The third-order valence-corrected chi connectivity index (χ3v) is 8.34. The maximum absolute atomic E-state index is 15.5. The quantitative estimate of drug-likeness (QED) is 0.134. The summed E-state index contributed by atoms with van der Waals surface area (Å²) in [5.41, 5.74) is -0.471. The highest BCUT2D eigenvalue weighted by Gasteiger charge is 2.46. The van der Waals surface area contributed by atoms with Gasteiger partial charge in [0.05, 0.1) is 12.1 Å². The molecule has 0 heterocycles. The van der Waals surface area contributed by atoms with Gasteiger partial charge in [-0.1, -0.05) is 67.9 Å². The second-order valence-corrected chi connectivity index (χ2v) is 12.4. The number of ketones is 3. The van der Waals surface area contributed by atoms with E-state index in [2.05, 4.69) is 5.32 Å². The number of alkyl halides is 5. The van der Waals surface area contributed by atoms with Crippen LogP contribution in [0.25, 0.3) is 0 Å². The number of rotatable bonds is 18. The Labute approximate surface area is 295 Å². The lowest BCUT2D eigenvalue weighted by molar-refractivity contribution is -0.177. The van der Waals surface area contributed by atoms with E-state index >= 15 is 8.78 Å². The molecule has 3 atom stereocenters. The Bertz CT molecular complexity index is 1730. The van der Waals surface area contributed by atoms with Crippen molar-refractivity contribution in [2.75, 3.05) is 13.7 Å². The van der Waals surface area contributed by atoms with Crippen LogP contribution in [0.1, 0.15) is 49.4 Å². The molecule has 0 aromatic heterocycles. The monoisotopic (exact) mass is 739 g/mol. The van der Waals surface area contributed by atoms with Crippen molar-refractivity contribution in [2.45, 2.75) is 51.3 Å². The second-order valence-electron chi connectivity index (χ2n) is 12.0. The van der Waals surface area contributed by atoms with Crippen molar-refractivity contribution >= 4 is 40.8 Å². The van der Waals surface area contributed by atoms with Gasteiger partial charge < -0.3 is 19.9 Å². The number of carbonyl (C=O) groups excluding carboxylic acids is 4. The molecule has 0 radical (unpaired) electrons. The fraction of sp³-hybridized carbons (Fsp3) is 0.361. The van der Waals surface area contributed by atoms with Crippen LogP contribution < -0.4 is 14.8 Å². The van der Waals surface area contributed by atoms with Crippen LogP contribution in [0.4, 0.5) is 22.0 Å². The number of hydrogen-bond donors (Lipinski definition) is 2. The zero-order valence-corrected chi connectivity index (χ0v) is 28.4. The summed E-state index contributed by atoms with van der Waals surface area (Å²) in [4.78, 5) is 64.1. The summed E-state index contributed by atoms with van der Waals surface area (Å²) in [6, 6.07) is 14.2. The van der Waals surface area contributed by atoms with E-state index in [1.54, 1.807) is 0 Å². The van der Waals surface area contributed by atoms with E-state index in [1.165, 1.54) is 81.6 Å². The number of halogens is 6. The molecule has 9 nitrogen and oxygen atoms in total. The van der Waals surface area contributed by atoms with Crippen molar-refractivity contribution < 1.29 is 60.5 Å². The first-order chi connectivity index (χ1) is 23.8. The van der Waals surface area contributed by atoms with E-state index in [0.29, 0.717) is 5.75 Å². The van der Waals surface area contributed by atoms with Crippen LogP contribution in [0, 0.1) is 17.8 Å². The number of hydrogen-bond acceptors (Lipinski definition) is 7. The van der Waals surface area contributed by atoms with E-state index in [9.17, 15) is 37.1 Å². The molecule has 0 aliphatic rings. The molecule has 0 bridgehead atoms. The number of carboxylic acids is 1. The van der Waals surface area contributed by atoms with Gasteiger partial charge in [-0.2, -0.15) is 22.0 Å². The van der Waals surface area contributed by atoms with Crippen LogP contribution in [0.3, 0.4) is 0 Å². The zero-order chi connectivity index (χ0) is 38.1. The van der Waals surface area contributed by atoms with Gasteiger partial charge in [-0.15, -0.1) is 0 Å². The highest BCUT2D eigenvalue weighted by Crippen LogP contribution is 2.37. The minimum atomic E-state index is -5.24. The second kappa shape index (κ2) is 17.4. The normalized spacial score (nSPS) is 13.5. The van der Waals surface area contributed by atoms with Crippen LogP contribution in [-0.4, -0.2) is 54.2 Å². The van der Waals surface area contributed by atoms with Gasteiger partial charge in [-0.05, 0) is 53.8 Å². The molecule has 0 spiro atoms. The minimum Gasteiger partial charge on any atom is -0.497 e. The first-order valence-electron chi connectivity index (χ1n) is 15.5. The Kier molecular flexibility index (Phi) is 13.8. The van der Waals surface area contributed by atoms with Crippen LogP contribution in [-0.2, 0) is 36.3 Å². The maximum Gasteiger partial charge on any atom is 0.450 e. The number of carbonyl (C=O) groups is 5. The molecule has 2 N–H and O–H groups in total. The number of nitrogens with one attached hydrogen (secondary N) is 1. The molecular formula is C36H35ClF5NO8. The standard InChI is InChI=1S/C36H35ClF5NO8/c1-20(2)26(33(48)36(40,41)42)18-29(44)32(22-11-13-24(50-3)14-12-22)43-34(49)23(15-21-7-6-8-25(16-21)51-19-31(46)47)17-30(45)35(38,39)27-9-4-5-10-28(27)37/h4-14,16,20,23,26,32H,15,17-19H2,1-3H3,(H,43,49)(H,46,47)/t23-,26+,32+/m1/s1. The topological polar surface area (TPSA) is 136 Å². The van der Waals surface area contributed by atoms with Gasteiger partial charge in [-0.25, -0.2) is 4.79 Å². The highest BCUT2D eigenvalue weighted by atomic mass is 35.5. The van der Waals surface area contributed by atoms with E-state index in [1.807, 2.05) is 0 Å². The van der Waals surface area contributed by atoms with Gasteiger partial charge in [0.2, 0.25) is 17.5 Å². The number of benzene rings is 3. The fourth-order valence-electron chi connectivity index (χ4n) is 5.25. The fourth-order valence-corrected chi connectivity index (χ4v) is 5.50. The number of Topliss-reactive ketones (excluding diaryl/α,β-unsaturated/α-hetero) is 3. The number of ether oxygens (including phenoxy) is 2. The zero-order valence-electron chi connectivity index (χ0n) is 27.6. The number of amides is 1. The van der Waals surface area contributed by atoms with Crippen LogP contribution in [0.2, 0.25) is 5.02 Å². The third-order valence-electron chi connectivity index (χ3n) is 8.01. The molecular weight excluding hydrogens is 705 g/mol. The predicted octanol–water partition coefficient (Wildman–Crippen LogP) is 6.94. The molecule has 3 rings (SSSR count). The predicted molar refractivity (Wildman–Crippen MR) is 175 cm³/mol. The summed E-state index contributed by atoms with van der Waals surface area (Å²) in [5.74, 6) is -15.3. The molecule has 3 aromatic carbocycles. The molecule has 274 valence electrons. The molecule has 51 heavy (non-hydrogen) atoms. The summed E-state index contributed by atoms with van der Waals surface area (Å²) in [6.45, 7) is 1.95. The summed E-state index contributed by atoms with van der Waals surface area (Å²) in [5, 5.41) is 11.0. The summed E-state index contributed by atoms with van der Waals surface area (Å²) in [6.07, 6.45) is -7.65. The van der Waals surface area contributed by atoms with Crippen LogP contribution >= 0.6 is 11.6 Å². The first-order valence-corrected chi connectivity index (χ1v) is 15.9. The van der Waals surface area contributed by atoms with Crippen molar-refractivity contribution in [3.05, 3.63) is 94.5 Å². The van der Waals surface area contributed by atoms with Gasteiger partial charge in [-0.3, -0.25) is 19.2 Å². The van der Waals surface area contributed by atoms with Crippen LogP contribution in [0.5, 0.6) is 11.5 Å². The van der Waals surface area contributed by atoms with E-state index in [4.69, 9.17) is 26.2 Å². The van der Waals surface area contributed by atoms with Crippen LogP contribution in [0.15, 0.2) is 72.8 Å². The maximum atomic E-state index is 15.5. The smallest absolute Gasteiger partial charge is 0.450 e. The number of carboxylic acid groups (broad SMARTS) is 1. The van der Waals surface area contributed by atoms with Crippen molar-refractivity contribution in [3.8, 4) is 11.5 Å². The van der Waals surface area contributed by atoms with Crippen molar-refractivity contribution in [1.82, 2.24) is 5.32 Å². The first kappa shape index (κ1) is 40.6. The molecule has 1 amide bonds. The summed E-state index contributed by atoms with van der Waals surface area (Å²) in [7, 11) is 1.36. The van der Waals surface area contributed by atoms with Crippen molar-refractivity contribution in [1.29, 1.82) is 0 Å². The number of aliphatic carboxylic acids is 1. The van der Waals surface area contributed by atoms with Gasteiger partial charge in [0.1, 0.15) is 17.5 Å². The Morgan fingerprint density at radius 2 is 1.51 bits per heavy atom. The summed E-state index contributed by atoms with van der Waals surface area (Å²) >= 11 is 5.95. The molecule has 0 unspecified atom stereocenters. The average Bonchev–Trinajstić information content (AvgIpc) is 3.07. The van der Waals surface area contributed by atoms with Gasteiger partial charge in [0.25, 0.3) is 0 Å². The van der Waals surface area contributed by atoms with Gasteiger partial charge >= 0.3 is 18.1 Å².